The minimum Gasteiger partial charge on any atom is -0.336 e. The highest BCUT2D eigenvalue weighted by atomic mass is 16.2. The van der Waals surface area contributed by atoms with Gasteiger partial charge in [0.2, 0.25) is 0 Å². The first kappa shape index (κ1) is 15.7. The fourth-order valence-corrected chi connectivity index (χ4v) is 3.15. The molecule has 2 aromatic rings. The Kier molecular flexibility index (Phi) is 5.08. The van der Waals surface area contributed by atoms with Gasteiger partial charge in [-0.2, -0.15) is 5.10 Å². The molecule has 1 aromatic heterocycles. The average molecular weight is 312 g/mol. The lowest BCUT2D eigenvalue weighted by Crippen LogP contribution is -2.46. The van der Waals surface area contributed by atoms with Crippen LogP contribution in [0.15, 0.2) is 42.7 Å². The molecule has 2 heterocycles. The molecule has 0 bridgehead atoms. The van der Waals surface area contributed by atoms with Crippen molar-refractivity contribution in [3.8, 4) is 5.69 Å². The molecule has 1 amide bonds. The van der Waals surface area contributed by atoms with Gasteiger partial charge in [0.15, 0.2) is 0 Å². The first-order valence-electron chi connectivity index (χ1n) is 8.41. The van der Waals surface area contributed by atoms with Crippen molar-refractivity contribution in [2.45, 2.75) is 32.2 Å². The predicted octanol–water partition coefficient (Wildman–Crippen LogP) is 2.48. The van der Waals surface area contributed by atoms with E-state index in [1.807, 2.05) is 36.5 Å². The minimum absolute atomic E-state index is 0.144. The van der Waals surface area contributed by atoms with Crippen molar-refractivity contribution in [1.29, 1.82) is 0 Å². The third kappa shape index (κ3) is 3.62. The minimum atomic E-state index is 0.144. The van der Waals surface area contributed by atoms with Gasteiger partial charge >= 0.3 is 0 Å². The van der Waals surface area contributed by atoms with E-state index in [9.17, 15) is 4.79 Å². The van der Waals surface area contributed by atoms with Gasteiger partial charge in [-0.25, -0.2) is 4.68 Å². The lowest BCUT2D eigenvalue weighted by molar-refractivity contribution is 0.0642. The summed E-state index contributed by atoms with van der Waals surface area (Å²) >= 11 is 0. The molecule has 0 saturated carbocycles. The normalized spacial score (nSPS) is 15.5. The molecule has 1 N–H and O–H groups in total. The largest absolute Gasteiger partial charge is 0.336 e. The zero-order valence-electron chi connectivity index (χ0n) is 13.6. The summed E-state index contributed by atoms with van der Waals surface area (Å²) in [5.41, 5.74) is 1.73. The molecule has 1 fully saturated rings. The summed E-state index contributed by atoms with van der Waals surface area (Å²) < 4.78 is 1.80. The Morgan fingerprint density at radius 1 is 1.30 bits per heavy atom. The van der Waals surface area contributed by atoms with Crippen LogP contribution in [0.5, 0.6) is 0 Å². The Labute approximate surface area is 137 Å². The topological polar surface area (TPSA) is 50.2 Å². The number of aromatic nitrogens is 2. The SMILES string of the molecule is CCCN(C(=O)c1ccc(-n2cccn2)cc1)C1CCNCC1. The first-order chi connectivity index (χ1) is 11.3. The van der Waals surface area contributed by atoms with Gasteiger partial charge in [0.25, 0.3) is 5.91 Å². The van der Waals surface area contributed by atoms with Crippen LogP contribution in [-0.2, 0) is 0 Å². The van der Waals surface area contributed by atoms with Crippen molar-refractivity contribution in [1.82, 2.24) is 20.0 Å². The van der Waals surface area contributed by atoms with E-state index >= 15 is 0 Å². The van der Waals surface area contributed by atoms with Crippen LogP contribution >= 0.6 is 0 Å². The van der Waals surface area contributed by atoms with Crippen LogP contribution in [0.1, 0.15) is 36.5 Å². The van der Waals surface area contributed by atoms with E-state index in [1.54, 1.807) is 10.9 Å². The van der Waals surface area contributed by atoms with Gasteiger partial charge in [-0.15, -0.1) is 0 Å². The number of benzene rings is 1. The van der Waals surface area contributed by atoms with Crippen LogP contribution in [0.3, 0.4) is 0 Å². The monoisotopic (exact) mass is 312 g/mol. The van der Waals surface area contributed by atoms with Crippen LogP contribution in [0.2, 0.25) is 0 Å². The fourth-order valence-electron chi connectivity index (χ4n) is 3.15. The summed E-state index contributed by atoms with van der Waals surface area (Å²) in [7, 11) is 0. The highest BCUT2D eigenvalue weighted by molar-refractivity contribution is 5.94. The number of amides is 1. The number of hydrogen-bond acceptors (Lipinski definition) is 3. The molecule has 1 saturated heterocycles. The number of carbonyl (C=O) groups excluding carboxylic acids is 1. The maximum Gasteiger partial charge on any atom is 0.254 e. The van der Waals surface area contributed by atoms with Crippen molar-refractivity contribution >= 4 is 5.91 Å². The Hall–Kier alpha value is -2.14. The van der Waals surface area contributed by atoms with Gasteiger partial charge in [-0.05, 0) is 62.7 Å². The summed E-state index contributed by atoms with van der Waals surface area (Å²) in [5, 5.41) is 7.58. The molecular weight excluding hydrogens is 288 g/mol. The molecule has 0 spiro atoms. The van der Waals surface area contributed by atoms with E-state index in [1.165, 1.54) is 0 Å². The van der Waals surface area contributed by atoms with Crippen LogP contribution in [0.4, 0.5) is 0 Å². The van der Waals surface area contributed by atoms with Crippen LogP contribution in [-0.4, -0.2) is 46.3 Å². The molecule has 122 valence electrons. The van der Waals surface area contributed by atoms with Gasteiger partial charge in [-0.3, -0.25) is 4.79 Å². The number of rotatable bonds is 5. The van der Waals surface area contributed by atoms with Gasteiger partial charge in [0.05, 0.1) is 5.69 Å². The summed E-state index contributed by atoms with van der Waals surface area (Å²) in [6.45, 7) is 4.94. The second kappa shape index (κ2) is 7.42. The van der Waals surface area contributed by atoms with E-state index in [2.05, 4.69) is 22.2 Å². The quantitative estimate of drug-likeness (QED) is 0.923. The first-order valence-corrected chi connectivity index (χ1v) is 8.41. The summed E-state index contributed by atoms with van der Waals surface area (Å²) in [4.78, 5) is 15.0. The Bertz CT molecular complexity index is 615. The number of nitrogens with one attached hydrogen (secondary N) is 1. The van der Waals surface area contributed by atoms with Crippen molar-refractivity contribution < 1.29 is 4.79 Å². The van der Waals surface area contributed by atoms with Crippen LogP contribution in [0.25, 0.3) is 5.69 Å². The van der Waals surface area contributed by atoms with Crippen molar-refractivity contribution in [3.63, 3.8) is 0 Å². The molecule has 0 atom stereocenters. The predicted molar refractivity (Wildman–Crippen MR) is 90.8 cm³/mol. The van der Waals surface area contributed by atoms with Crippen molar-refractivity contribution in [3.05, 3.63) is 48.3 Å². The summed E-state index contributed by atoms with van der Waals surface area (Å²) in [5.74, 6) is 0.144. The molecule has 23 heavy (non-hydrogen) atoms. The number of nitrogens with zero attached hydrogens (tertiary/aromatic N) is 3. The highest BCUT2D eigenvalue weighted by Gasteiger charge is 2.25. The second-order valence-electron chi connectivity index (χ2n) is 5.98. The van der Waals surface area contributed by atoms with E-state index in [-0.39, 0.29) is 5.91 Å². The molecular formula is C18H24N4O. The lowest BCUT2D eigenvalue weighted by Gasteiger charge is -2.34. The molecule has 0 radical (unpaired) electrons. The number of piperidine rings is 1. The average Bonchev–Trinajstić information content (AvgIpc) is 3.15. The zero-order valence-corrected chi connectivity index (χ0v) is 13.6. The van der Waals surface area contributed by atoms with E-state index in [0.717, 1.165) is 50.1 Å². The van der Waals surface area contributed by atoms with Gasteiger partial charge in [0.1, 0.15) is 0 Å². The molecule has 1 aliphatic rings. The third-order valence-corrected chi connectivity index (χ3v) is 4.36. The van der Waals surface area contributed by atoms with Crippen LogP contribution in [0, 0.1) is 0 Å². The fraction of sp³-hybridized carbons (Fsp3) is 0.444. The number of carbonyl (C=O) groups is 1. The molecule has 5 nitrogen and oxygen atoms in total. The molecule has 5 heteroatoms. The zero-order chi connectivity index (χ0) is 16.1. The highest BCUT2D eigenvalue weighted by Crippen LogP contribution is 2.17. The molecule has 1 aromatic carbocycles. The summed E-state index contributed by atoms with van der Waals surface area (Å²) in [6, 6.07) is 9.96. The third-order valence-electron chi connectivity index (χ3n) is 4.36. The molecule has 1 aliphatic heterocycles. The lowest BCUT2D eigenvalue weighted by atomic mass is 10.0. The van der Waals surface area contributed by atoms with Crippen molar-refractivity contribution in [2.75, 3.05) is 19.6 Å². The molecule has 0 unspecified atom stereocenters. The molecule has 0 aliphatic carbocycles. The standard InChI is InChI=1S/C18H24N4O/c1-2-13-21(16-8-11-19-12-9-16)18(23)15-4-6-17(7-5-15)22-14-3-10-20-22/h3-7,10,14,16,19H,2,8-9,11-13H2,1H3. The van der Waals surface area contributed by atoms with Gasteiger partial charge < -0.3 is 10.2 Å². The maximum absolute atomic E-state index is 12.9. The van der Waals surface area contributed by atoms with Crippen molar-refractivity contribution in [2.24, 2.45) is 0 Å². The van der Waals surface area contributed by atoms with E-state index < -0.39 is 0 Å². The smallest absolute Gasteiger partial charge is 0.254 e. The maximum atomic E-state index is 12.9. The van der Waals surface area contributed by atoms with Gasteiger partial charge in [-0.1, -0.05) is 6.92 Å². The Balaban J connectivity index is 1.76. The second-order valence-corrected chi connectivity index (χ2v) is 5.98. The molecule has 3 rings (SSSR count). The van der Waals surface area contributed by atoms with Crippen LogP contribution < -0.4 is 5.32 Å². The van der Waals surface area contributed by atoms with E-state index in [4.69, 9.17) is 0 Å². The van der Waals surface area contributed by atoms with E-state index in [0.29, 0.717) is 6.04 Å². The number of hydrogen-bond donors (Lipinski definition) is 1. The van der Waals surface area contributed by atoms with Gasteiger partial charge in [0, 0.05) is 30.5 Å². The Morgan fingerprint density at radius 2 is 2.04 bits per heavy atom. The Morgan fingerprint density at radius 3 is 2.65 bits per heavy atom. The summed E-state index contributed by atoms with van der Waals surface area (Å²) in [6.07, 6.45) is 6.71.